The number of ether oxygens (including phenoxy) is 1. The van der Waals surface area contributed by atoms with E-state index in [-0.39, 0.29) is 11.1 Å². The summed E-state index contributed by atoms with van der Waals surface area (Å²) in [6.45, 7) is 7.65. The summed E-state index contributed by atoms with van der Waals surface area (Å²) in [7, 11) is 0. The van der Waals surface area contributed by atoms with Gasteiger partial charge in [-0.05, 0) is 83.5 Å². The van der Waals surface area contributed by atoms with Crippen molar-refractivity contribution < 1.29 is 4.74 Å². The highest BCUT2D eigenvalue weighted by molar-refractivity contribution is 7.98. The number of thioether (sulfide) groups is 1. The van der Waals surface area contributed by atoms with Gasteiger partial charge in [-0.15, -0.1) is 11.8 Å². The van der Waals surface area contributed by atoms with Gasteiger partial charge >= 0.3 is 0 Å². The standard InChI is InChI=1S/C17H27NOS/c1-16(2,3)18-13-12-17(10-5-11-17)19-14-6-8-15(20-4)9-7-14/h6-9,18H,5,10-13H2,1-4H3. The average molecular weight is 293 g/mol. The molecule has 0 aromatic heterocycles. The lowest BCUT2D eigenvalue weighted by atomic mass is 9.77. The van der Waals surface area contributed by atoms with Gasteiger partial charge in [-0.2, -0.15) is 0 Å². The molecule has 0 amide bonds. The smallest absolute Gasteiger partial charge is 0.120 e. The zero-order chi connectivity index (χ0) is 14.6. The lowest BCUT2D eigenvalue weighted by Gasteiger charge is -2.42. The summed E-state index contributed by atoms with van der Waals surface area (Å²) in [5, 5.41) is 3.57. The molecule has 0 aliphatic heterocycles. The fraction of sp³-hybridized carbons (Fsp3) is 0.647. The number of hydrogen-bond acceptors (Lipinski definition) is 3. The highest BCUT2D eigenvalue weighted by atomic mass is 32.2. The van der Waals surface area contributed by atoms with Crippen molar-refractivity contribution in [3.8, 4) is 5.75 Å². The minimum absolute atomic E-state index is 0.0686. The Morgan fingerprint density at radius 2 is 1.85 bits per heavy atom. The summed E-state index contributed by atoms with van der Waals surface area (Å²) < 4.78 is 6.30. The largest absolute Gasteiger partial charge is 0.487 e. The quantitative estimate of drug-likeness (QED) is 0.781. The first kappa shape index (κ1) is 15.7. The Morgan fingerprint density at radius 1 is 1.20 bits per heavy atom. The average Bonchev–Trinajstić information content (AvgIpc) is 2.35. The molecule has 1 saturated carbocycles. The molecule has 0 saturated heterocycles. The predicted octanol–water partition coefficient (Wildman–Crippen LogP) is 4.49. The maximum Gasteiger partial charge on any atom is 0.120 e. The molecular weight excluding hydrogens is 266 g/mol. The van der Waals surface area contributed by atoms with Gasteiger partial charge in [0.2, 0.25) is 0 Å². The van der Waals surface area contributed by atoms with Crippen LogP contribution >= 0.6 is 11.8 Å². The topological polar surface area (TPSA) is 21.3 Å². The lowest BCUT2D eigenvalue weighted by molar-refractivity contribution is -0.0152. The van der Waals surface area contributed by atoms with Gasteiger partial charge < -0.3 is 10.1 Å². The summed E-state index contributed by atoms with van der Waals surface area (Å²) in [4.78, 5) is 1.29. The van der Waals surface area contributed by atoms with Crippen molar-refractivity contribution in [2.24, 2.45) is 0 Å². The number of rotatable bonds is 6. The van der Waals surface area contributed by atoms with Crippen LogP contribution in [0.5, 0.6) is 5.75 Å². The van der Waals surface area contributed by atoms with Gasteiger partial charge in [-0.1, -0.05) is 0 Å². The number of nitrogens with one attached hydrogen (secondary N) is 1. The van der Waals surface area contributed by atoms with Crippen LogP contribution in [0.1, 0.15) is 46.5 Å². The van der Waals surface area contributed by atoms with Gasteiger partial charge in [0.05, 0.1) is 0 Å². The fourth-order valence-corrected chi connectivity index (χ4v) is 2.94. The Balaban J connectivity index is 1.90. The summed E-state index contributed by atoms with van der Waals surface area (Å²) in [5.41, 5.74) is 0.254. The molecule has 0 heterocycles. The molecule has 0 unspecified atom stereocenters. The third-order valence-electron chi connectivity index (χ3n) is 3.89. The molecule has 0 radical (unpaired) electrons. The Labute approximate surface area is 127 Å². The van der Waals surface area contributed by atoms with Crippen molar-refractivity contribution in [3.63, 3.8) is 0 Å². The van der Waals surface area contributed by atoms with E-state index in [2.05, 4.69) is 56.6 Å². The van der Waals surface area contributed by atoms with Crippen molar-refractivity contribution >= 4 is 11.8 Å². The third-order valence-corrected chi connectivity index (χ3v) is 4.64. The van der Waals surface area contributed by atoms with E-state index < -0.39 is 0 Å². The molecule has 112 valence electrons. The van der Waals surface area contributed by atoms with E-state index in [9.17, 15) is 0 Å². The molecule has 20 heavy (non-hydrogen) atoms. The molecule has 0 bridgehead atoms. The van der Waals surface area contributed by atoms with Gasteiger partial charge in [0.1, 0.15) is 11.4 Å². The molecule has 2 nitrogen and oxygen atoms in total. The Morgan fingerprint density at radius 3 is 2.30 bits per heavy atom. The van der Waals surface area contributed by atoms with Crippen LogP contribution in [0.4, 0.5) is 0 Å². The summed E-state index contributed by atoms with van der Waals surface area (Å²) in [6.07, 6.45) is 6.85. The predicted molar refractivity (Wildman–Crippen MR) is 87.8 cm³/mol. The van der Waals surface area contributed by atoms with Gasteiger partial charge in [0.25, 0.3) is 0 Å². The molecule has 1 aliphatic rings. The molecule has 0 atom stereocenters. The van der Waals surface area contributed by atoms with Crippen LogP contribution < -0.4 is 10.1 Å². The van der Waals surface area contributed by atoms with Crippen LogP contribution in [0.2, 0.25) is 0 Å². The van der Waals surface area contributed by atoms with E-state index in [0.717, 1.165) is 18.7 Å². The SMILES string of the molecule is CSc1ccc(OC2(CCNC(C)(C)C)CCC2)cc1. The van der Waals surface area contributed by atoms with Gasteiger partial charge in [0, 0.05) is 10.4 Å². The van der Waals surface area contributed by atoms with E-state index in [1.165, 1.54) is 24.2 Å². The van der Waals surface area contributed by atoms with Crippen molar-refractivity contribution in [2.75, 3.05) is 12.8 Å². The monoisotopic (exact) mass is 293 g/mol. The summed E-state index contributed by atoms with van der Waals surface area (Å²) in [6, 6.07) is 8.48. The summed E-state index contributed by atoms with van der Waals surface area (Å²) in [5.74, 6) is 1.01. The van der Waals surface area contributed by atoms with E-state index in [4.69, 9.17) is 4.74 Å². The van der Waals surface area contributed by atoms with E-state index in [1.807, 2.05) is 0 Å². The highest BCUT2D eigenvalue weighted by Crippen LogP contribution is 2.39. The van der Waals surface area contributed by atoms with E-state index in [0.29, 0.717) is 0 Å². The number of hydrogen-bond donors (Lipinski definition) is 1. The van der Waals surface area contributed by atoms with Crippen LogP contribution in [0.25, 0.3) is 0 Å². The van der Waals surface area contributed by atoms with Gasteiger partial charge in [0.15, 0.2) is 0 Å². The maximum atomic E-state index is 6.30. The molecule has 3 heteroatoms. The first-order valence-corrected chi connectivity index (χ1v) is 8.73. The molecular formula is C17H27NOS. The fourth-order valence-electron chi connectivity index (χ4n) is 2.53. The van der Waals surface area contributed by atoms with Crippen LogP contribution in [-0.4, -0.2) is 23.9 Å². The summed E-state index contributed by atoms with van der Waals surface area (Å²) >= 11 is 1.77. The van der Waals surface area contributed by atoms with Crippen LogP contribution in [0.15, 0.2) is 29.2 Å². The van der Waals surface area contributed by atoms with Crippen molar-refractivity contribution in [1.29, 1.82) is 0 Å². The first-order chi connectivity index (χ1) is 9.42. The molecule has 1 N–H and O–H groups in total. The third kappa shape index (κ3) is 4.42. The van der Waals surface area contributed by atoms with Crippen LogP contribution in [-0.2, 0) is 0 Å². The molecule has 0 spiro atoms. The maximum absolute atomic E-state index is 6.30. The zero-order valence-electron chi connectivity index (χ0n) is 13.2. The van der Waals surface area contributed by atoms with Crippen molar-refractivity contribution in [2.45, 2.75) is 62.5 Å². The van der Waals surface area contributed by atoms with Gasteiger partial charge in [-0.25, -0.2) is 0 Å². The van der Waals surface area contributed by atoms with E-state index >= 15 is 0 Å². The van der Waals surface area contributed by atoms with Crippen molar-refractivity contribution in [3.05, 3.63) is 24.3 Å². The zero-order valence-corrected chi connectivity index (χ0v) is 14.0. The Bertz CT molecular complexity index is 418. The minimum atomic E-state index is 0.0686. The first-order valence-electron chi connectivity index (χ1n) is 7.51. The highest BCUT2D eigenvalue weighted by Gasteiger charge is 2.39. The van der Waals surface area contributed by atoms with E-state index in [1.54, 1.807) is 11.8 Å². The molecule has 2 rings (SSSR count). The molecule has 1 aromatic rings. The lowest BCUT2D eigenvalue weighted by Crippen LogP contribution is -2.47. The van der Waals surface area contributed by atoms with Crippen molar-refractivity contribution in [1.82, 2.24) is 5.32 Å². The Kier molecular flexibility index (Phi) is 5.03. The van der Waals surface area contributed by atoms with Gasteiger partial charge in [-0.3, -0.25) is 0 Å². The molecule has 1 aliphatic carbocycles. The molecule has 1 aromatic carbocycles. The Hall–Kier alpha value is -0.670. The van der Waals surface area contributed by atoms with Crippen LogP contribution in [0, 0.1) is 0 Å². The minimum Gasteiger partial charge on any atom is -0.487 e. The second-order valence-electron chi connectivity index (χ2n) is 6.74. The number of benzene rings is 1. The van der Waals surface area contributed by atoms with Crippen LogP contribution in [0.3, 0.4) is 0 Å². The normalized spacial score (nSPS) is 17.6. The molecule has 1 fully saturated rings. The second kappa shape index (κ2) is 6.40. The second-order valence-corrected chi connectivity index (χ2v) is 7.62.